The van der Waals surface area contributed by atoms with Crippen LogP contribution in [0.25, 0.3) is 0 Å². The standard InChI is InChI=1S/C22H19ClN4O3/c1-26-11-10-24-21(26)20(29)14-6-8-16(9-7-14)25-22(30)15-12-19(28)27(13-15)18-5-3-2-4-17(18)23/h2-11,15H,12-13H2,1H3,(H,25,30)/t15-/m0/s1. The molecule has 1 aromatic heterocycles. The van der Waals surface area contributed by atoms with Crippen molar-refractivity contribution in [2.75, 3.05) is 16.8 Å². The number of ketones is 1. The first-order valence-electron chi connectivity index (χ1n) is 9.42. The average Bonchev–Trinajstić information content (AvgIpc) is 3.34. The zero-order valence-corrected chi connectivity index (χ0v) is 17.0. The highest BCUT2D eigenvalue weighted by molar-refractivity contribution is 6.34. The number of para-hydroxylation sites is 1. The molecule has 8 heteroatoms. The lowest BCUT2D eigenvalue weighted by Crippen LogP contribution is -2.28. The maximum Gasteiger partial charge on any atom is 0.229 e. The van der Waals surface area contributed by atoms with Gasteiger partial charge in [0.15, 0.2) is 5.82 Å². The number of halogens is 1. The van der Waals surface area contributed by atoms with E-state index in [1.54, 1.807) is 77.4 Å². The number of hydrogen-bond donors (Lipinski definition) is 1. The van der Waals surface area contributed by atoms with Crippen molar-refractivity contribution in [3.05, 3.63) is 77.3 Å². The molecule has 2 aromatic carbocycles. The second-order valence-corrected chi connectivity index (χ2v) is 7.52. The molecule has 7 nitrogen and oxygen atoms in total. The number of nitrogens with one attached hydrogen (secondary N) is 1. The molecule has 1 fully saturated rings. The summed E-state index contributed by atoms with van der Waals surface area (Å²) in [6.07, 6.45) is 3.39. The van der Waals surface area contributed by atoms with Crippen LogP contribution in [0.1, 0.15) is 22.6 Å². The van der Waals surface area contributed by atoms with Gasteiger partial charge in [0.05, 0.1) is 16.6 Å². The minimum Gasteiger partial charge on any atom is -0.331 e. The van der Waals surface area contributed by atoms with E-state index < -0.39 is 5.92 Å². The molecule has 0 radical (unpaired) electrons. The number of carbonyl (C=O) groups excluding carboxylic acids is 3. The summed E-state index contributed by atoms with van der Waals surface area (Å²) in [5.74, 6) is -0.726. The Morgan fingerprint density at radius 1 is 1.13 bits per heavy atom. The number of hydrogen-bond acceptors (Lipinski definition) is 4. The monoisotopic (exact) mass is 422 g/mol. The first kappa shape index (κ1) is 19.8. The second-order valence-electron chi connectivity index (χ2n) is 7.11. The Balaban J connectivity index is 1.42. The average molecular weight is 423 g/mol. The quantitative estimate of drug-likeness (QED) is 0.639. The lowest BCUT2D eigenvalue weighted by Gasteiger charge is -2.18. The van der Waals surface area contributed by atoms with Crippen molar-refractivity contribution in [2.24, 2.45) is 13.0 Å². The van der Waals surface area contributed by atoms with Crippen LogP contribution in [-0.2, 0) is 16.6 Å². The minimum absolute atomic E-state index is 0.118. The third kappa shape index (κ3) is 3.84. The summed E-state index contributed by atoms with van der Waals surface area (Å²) in [4.78, 5) is 43.1. The van der Waals surface area contributed by atoms with E-state index in [2.05, 4.69) is 10.3 Å². The normalized spacial score (nSPS) is 16.0. The van der Waals surface area contributed by atoms with Crippen molar-refractivity contribution in [2.45, 2.75) is 6.42 Å². The Bertz CT molecular complexity index is 1120. The van der Waals surface area contributed by atoms with Gasteiger partial charge in [-0.05, 0) is 36.4 Å². The van der Waals surface area contributed by atoms with E-state index in [0.717, 1.165) is 0 Å². The molecule has 0 unspecified atom stereocenters. The molecule has 2 heterocycles. The molecule has 1 aliphatic rings. The fourth-order valence-electron chi connectivity index (χ4n) is 3.45. The summed E-state index contributed by atoms with van der Waals surface area (Å²) in [5, 5.41) is 3.29. The van der Waals surface area contributed by atoms with E-state index in [1.165, 1.54) is 0 Å². The van der Waals surface area contributed by atoms with Gasteiger partial charge in [-0.2, -0.15) is 0 Å². The highest BCUT2D eigenvalue weighted by atomic mass is 35.5. The lowest BCUT2D eigenvalue weighted by atomic mass is 10.1. The summed E-state index contributed by atoms with van der Waals surface area (Å²) in [7, 11) is 1.75. The van der Waals surface area contributed by atoms with Crippen molar-refractivity contribution in [1.82, 2.24) is 9.55 Å². The molecule has 0 saturated carbocycles. The predicted octanol–water partition coefficient (Wildman–Crippen LogP) is 3.30. The number of carbonyl (C=O) groups is 3. The number of imidazole rings is 1. The van der Waals surface area contributed by atoms with Crippen molar-refractivity contribution in [1.29, 1.82) is 0 Å². The Labute approximate surface area is 178 Å². The fraction of sp³-hybridized carbons (Fsp3) is 0.182. The van der Waals surface area contributed by atoms with Gasteiger partial charge in [0.2, 0.25) is 17.6 Å². The largest absolute Gasteiger partial charge is 0.331 e. The van der Waals surface area contributed by atoms with Crippen LogP contribution in [0.15, 0.2) is 60.9 Å². The van der Waals surface area contributed by atoms with Gasteiger partial charge in [-0.25, -0.2) is 4.98 Å². The van der Waals surface area contributed by atoms with E-state index in [-0.39, 0.29) is 30.6 Å². The van der Waals surface area contributed by atoms with Gasteiger partial charge in [0.25, 0.3) is 0 Å². The number of rotatable bonds is 5. The minimum atomic E-state index is -0.484. The first-order valence-corrected chi connectivity index (χ1v) is 9.79. The molecule has 2 amide bonds. The maximum absolute atomic E-state index is 12.7. The highest BCUT2D eigenvalue weighted by Gasteiger charge is 2.35. The van der Waals surface area contributed by atoms with E-state index in [9.17, 15) is 14.4 Å². The van der Waals surface area contributed by atoms with Crippen molar-refractivity contribution < 1.29 is 14.4 Å². The lowest BCUT2D eigenvalue weighted by molar-refractivity contribution is -0.122. The van der Waals surface area contributed by atoms with Crippen molar-refractivity contribution in [3.8, 4) is 0 Å². The van der Waals surface area contributed by atoms with Crippen LogP contribution in [0.2, 0.25) is 5.02 Å². The molecule has 1 saturated heterocycles. The molecule has 0 aliphatic carbocycles. The Hall–Kier alpha value is -3.45. The molecule has 1 N–H and O–H groups in total. The van der Waals surface area contributed by atoms with Crippen LogP contribution in [0.3, 0.4) is 0 Å². The summed E-state index contributed by atoms with van der Waals surface area (Å²) in [6.45, 7) is 0.268. The SMILES string of the molecule is Cn1ccnc1C(=O)c1ccc(NC(=O)[C@H]2CC(=O)N(c3ccccc3Cl)C2)cc1. The van der Waals surface area contributed by atoms with Crippen LogP contribution in [0.4, 0.5) is 11.4 Å². The summed E-state index contributed by atoms with van der Waals surface area (Å²) in [5.41, 5.74) is 1.64. The van der Waals surface area contributed by atoms with Gasteiger partial charge >= 0.3 is 0 Å². The van der Waals surface area contributed by atoms with Gasteiger partial charge in [0, 0.05) is 43.7 Å². The molecular weight excluding hydrogens is 404 g/mol. The van der Waals surface area contributed by atoms with Crippen LogP contribution in [0.5, 0.6) is 0 Å². The van der Waals surface area contributed by atoms with Gasteiger partial charge in [0.1, 0.15) is 0 Å². The van der Waals surface area contributed by atoms with E-state index >= 15 is 0 Å². The molecule has 1 aliphatic heterocycles. The van der Waals surface area contributed by atoms with Crippen molar-refractivity contribution >= 4 is 40.6 Å². The van der Waals surface area contributed by atoms with Gasteiger partial charge in [-0.3, -0.25) is 14.4 Å². The third-order valence-corrected chi connectivity index (χ3v) is 5.40. The predicted molar refractivity (Wildman–Crippen MR) is 114 cm³/mol. The smallest absolute Gasteiger partial charge is 0.229 e. The molecule has 1 atom stereocenters. The van der Waals surface area contributed by atoms with E-state index in [1.807, 2.05) is 0 Å². The van der Waals surface area contributed by atoms with Gasteiger partial charge in [-0.1, -0.05) is 23.7 Å². The number of benzene rings is 2. The fourth-order valence-corrected chi connectivity index (χ4v) is 3.69. The summed E-state index contributed by atoms with van der Waals surface area (Å²) < 4.78 is 1.65. The van der Waals surface area contributed by atoms with Crippen LogP contribution < -0.4 is 10.2 Å². The van der Waals surface area contributed by atoms with Crippen LogP contribution in [0, 0.1) is 5.92 Å². The zero-order chi connectivity index (χ0) is 21.3. The Kier molecular flexibility index (Phi) is 5.37. The van der Waals surface area contributed by atoms with Crippen LogP contribution >= 0.6 is 11.6 Å². The van der Waals surface area contributed by atoms with E-state index in [0.29, 0.717) is 27.8 Å². The molecule has 3 aromatic rings. The van der Waals surface area contributed by atoms with Gasteiger partial charge in [-0.15, -0.1) is 0 Å². The molecule has 30 heavy (non-hydrogen) atoms. The maximum atomic E-state index is 12.7. The topological polar surface area (TPSA) is 84.3 Å². The highest BCUT2D eigenvalue weighted by Crippen LogP contribution is 2.31. The Morgan fingerprint density at radius 3 is 2.53 bits per heavy atom. The zero-order valence-electron chi connectivity index (χ0n) is 16.2. The summed E-state index contributed by atoms with van der Waals surface area (Å²) >= 11 is 6.19. The molecular formula is C22H19ClN4O3. The molecule has 0 bridgehead atoms. The molecule has 4 rings (SSSR count). The first-order chi connectivity index (χ1) is 14.4. The van der Waals surface area contributed by atoms with Crippen molar-refractivity contribution in [3.63, 3.8) is 0 Å². The number of nitrogens with zero attached hydrogens (tertiary/aromatic N) is 3. The molecule has 152 valence electrons. The second kappa shape index (κ2) is 8.12. The van der Waals surface area contributed by atoms with Crippen LogP contribution in [-0.4, -0.2) is 33.7 Å². The third-order valence-electron chi connectivity index (χ3n) is 5.08. The Morgan fingerprint density at radius 2 is 1.87 bits per heavy atom. The summed E-state index contributed by atoms with van der Waals surface area (Å²) in [6, 6.07) is 13.7. The number of aryl methyl sites for hydroxylation is 1. The number of anilines is 2. The van der Waals surface area contributed by atoms with Gasteiger partial charge < -0.3 is 14.8 Å². The number of aromatic nitrogens is 2. The van der Waals surface area contributed by atoms with E-state index in [4.69, 9.17) is 11.6 Å². The number of amides is 2. The molecule has 0 spiro atoms.